The van der Waals surface area contributed by atoms with Crippen molar-refractivity contribution in [3.63, 3.8) is 0 Å². The van der Waals surface area contributed by atoms with Crippen LogP contribution in [0.2, 0.25) is 10.0 Å². The summed E-state index contributed by atoms with van der Waals surface area (Å²) in [6.07, 6.45) is 0.637. The van der Waals surface area contributed by atoms with Crippen LogP contribution in [0, 0.1) is 0 Å². The molecule has 4 nitrogen and oxygen atoms in total. The molecule has 0 saturated carbocycles. The maximum atomic E-state index is 13.3. The molecule has 1 N–H and O–H groups in total. The number of hydrogen-bond acceptors (Lipinski definition) is 3. The summed E-state index contributed by atoms with van der Waals surface area (Å²) < 4.78 is 2.74. The first kappa shape index (κ1) is 23.1. The Kier molecular flexibility index (Phi) is 7.05. The highest BCUT2D eigenvalue weighted by Crippen LogP contribution is 2.38. The quantitative estimate of drug-likeness (QED) is 0.268. The lowest BCUT2D eigenvalue weighted by Crippen LogP contribution is -2.27. The molecule has 8 heteroatoms. The van der Waals surface area contributed by atoms with Crippen LogP contribution in [0.15, 0.2) is 64.5 Å². The van der Waals surface area contributed by atoms with Gasteiger partial charge in [-0.05, 0) is 65.2 Å². The molecule has 0 spiro atoms. The van der Waals surface area contributed by atoms with Crippen LogP contribution in [0.1, 0.15) is 41.5 Å². The van der Waals surface area contributed by atoms with Crippen LogP contribution >= 0.6 is 50.5 Å². The van der Waals surface area contributed by atoms with Crippen molar-refractivity contribution in [3.8, 4) is 16.3 Å². The summed E-state index contributed by atoms with van der Waals surface area (Å²) in [5, 5.41) is 8.83. The standard InChI is InChI=1S/C24H20BrCl2N3OS/c1-3-17-22(24(31)28-14(2)15-7-5-4-6-8-15)29-30(19-10-9-16(26)13-18(19)27)23(17)20-11-12-21(25)32-20/h4-14H,3H2,1-2H3,(H,28,31)/t14-/m0/s1. The summed E-state index contributed by atoms with van der Waals surface area (Å²) in [5.41, 5.74) is 3.80. The van der Waals surface area contributed by atoms with Crippen LogP contribution in [0.5, 0.6) is 0 Å². The lowest BCUT2D eigenvalue weighted by Gasteiger charge is -2.13. The molecule has 2 heterocycles. The number of nitrogens with zero attached hydrogens (tertiary/aromatic N) is 2. The van der Waals surface area contributed by atoms with Crippen molar-refractivity contribution in [1.29, 1.82) is 0 Å². The zero-order valence-corrected chi connectivity index (χ0v) is 21.3. The minimum atomic E-state index is -0.223. The third-order valence-electron chi connectivity index (χ3n) is 5.14. The Balaban J connectivity index is 1.83. The fourth-order valence-electron chi connectivity index (χ4n) is 3.58. The fraction of sp³-hybridized carbons (Fsp3) is 0.167. The molecule has 0 fully saturated rings. The number of hydrogen-bond donors (Lipinski definition) is 1. The van der Waals surface area contributed by atoms with Crippen LogP contribution in [0.3, 0.4) is 0 Å². The molecule has 164 valence electrons. The molecule has 0 aliphatic rings. The van der Waals surface area contributed by atoms with E-state index in [9.17, 15) is 4.79 Å². The Labute approximate surface area is 209 Å². The molecule has 1 amide bonds. The van der Waals surface area contributed by atoms with Gasteiger partial charge in [-0.25, -0.2) is 4.68 Å². The minimum absolute atomic E-state index is 0.156. The van der Waals surface area contributed by atoms with Gasteiger partial charge in [0.25, 0.3) is 5.91 Å². The molecule has 0 aliphatic heterocycles. The van der Waals surface area contributed by atoms with Crippen molar-refractivity contribution < 1.29 is 4.79 Å². The zero-order chi connectivity index (χ0) is 22.8. The number of thiophene rings is 1. The summed E-state index contributed by atoms with van der Waals surface area (Å²) in [6.45, 7) is 3.98. The molecule has 32 heavy (non-hydrogen) atoms. The molecule has 0 aliphatic carbocycles. The molecule has 0 radical (unpaired) electrons. The van der Waals surface area contributed by atoms with E-state index in [1.165, 1.54) is 0 Å². The van der Waals surface area contributed by atoms with E-state index in [-0.39, 0.29) is 11.9 Å². The normalized spacial score (nSPS) is 12.0. The van der Waals surface area contributed by atoms with Gasteiger partial charge in [0, 0.05) is 10.6 Å². The van der Waals surface area contributed by atoms with E-state index < -0.39 is 0 Å². The monoisotopic (exact) mass is 547 g/mol. The van der Waals surface area contributed by atoms with E-state index in [1.807, 2.05) is 62.4 Å². The van der Waals surface area contributed by atoms with Gasteiger partial charge in [-0.1, -0.05) is 60.5 Å². The van der Waals surface area contributed by atoms with Gasteiger partial charge in [-0.3, -0.25) is 4.79 Å². The van der Waals surface area contributed by atoms with Gasteiger partial charge >= 0.3 is 0 Å². The summed E-state index contributed by atoms with van der Waals surface area (Å²) in [6, 6.07) is 19.0. The fourth-order valence-corrected chi connectivity index (χ4v) is 5.51. The van der Waals surface area contributed by atoms with Crippen molar-refractivity contribution >= 4 is 56.4 Å². The van der Waals surface area contributed by atoms with Gasteiger partial charge in [0.1, 0.15) is 0 Å². The number of halogens is 3. The first-order valence-corrected chi connectivity index (χ1v) is 12.4. The number of carbonyl (C=O) groups is 1. The van der Waals surface area contributed by atoms with Crippen LogP contribution < -0.4 is 5.32 Å². The number of aromatic nitrogens is 2. The molecule has 4 aromatic rings. The first-order valence-electron chi connectivity index (χ1n) is 10.1. The van der Waals surface area contributed by atoms with Crippen LogP contribution in [-0.2, 0) is 6.42 Å². The maximum absolute atomic E-state index is 13.3. The number of benzene rings is 2. The summed E-state index contributed by atoms with van der Waals surface area (Å²) in [7, 11) is 0. The van der Waals surface area contributed by atoms with Crippen molar-refractivity contribution in [3.05, 3.63) is 91.3 Å². The Hall–Kier alpha value is -2.12. The van der Waals surface area contributed by atoms with Crippen molar-refractivity contribution in [1.82, 2.24) is 15.1 Å². The van der Waals surface area contributed by atoms with Gasteiger partial charge in [0.2, 0.25) is 0 Å². The Morgan fingerprint density at radius 2 is 1.91 bits per heavy atom. The Morgan fingerprint density at radius 3 is 2.53 bits per heavy atom. The van der Waals surface area contributed by atoms with E-state index in [1.54, 1.807) is 28.2 Å². The number of nitrogens with one attached hydrogen (secondary N) is 1. The summed E-state index contributed by atoms with van der Waals surface area (Å²) in [5.74, 6) is -0.223. The van der Waals surface area contributed by atoms with Gasteiger partial charge in [-0.15, -0.1) is 11.3 Å². The molecule has 2 aromatic carbocycles. The second-order valence-electron chi connectivity index (χ2n) is 7.25. The van der Waals surface area contributed by atoms with E-state index in [0.29, 0.717) is 27.8 Å². The van der Waals surface area contributed by atoms with Crippen LogP contribution in [-0.4, -0.2) is 15.7 Å². The predicted octanol–water partition coefficient (Wildman–Crippen LogP) is 7.72. The second kappa shape index (κ2) is 9.79. The zero-order valence-electron chi connectivity index (χ0n) is 17.4. The van der Waals surface area contributed by atoms with Crippen molar-refractivity contribution in [2.24, 2.45) is 0 Å². The van der Waals surface area contributed by atoms with E-state index in [0.717, 1.165) is 25.5 Å². The van der Waals surface area contributed by atoms with Crippen molar-refractivity contribution in [2.45, 2.75) is 26.3 Å². The number of amides is 1. The molecule has 4 rings (SSSR count). The second-order valence-corrected chi connectivity index (χ2v) is 10.6. The molecule has 0 unspecified atom stereocenters. The van der Waals surface area contributed by atoms with E-state index in [4.69, 9.17) is 28.3 Å². The highest BCUT2D eigenvalue weighted by molar-refractivity contribution is 9.11. The van der Waals surface area contributed by atoms with E-state index >= 15 is 0 Å². The van der Waals surface area contributed by atoms with Crippen molar-refractivity contribution in [2.75, 3.05) is 0 Å². The Morgan fingerprint density at radius 1 is 1.16 bits per heavy atom. The highest BCUT2D eigenvalue weighted by atomic mass is 79.9. The molecular weight excluding hydrogens is 529 g/mol. The smallest absolute Gasteiger partial charge is 0.272 e. The Bertz CT molecular complexity index is 1270. The lowest BCUT2D eigenvalue weighted by atomic mass is 10.1. The lowest BCUT2D eigenvalue weighted by molar-refractivity contribution is 0.0933. The topological polar surface area (TPSA) is 46.9 Å². The maximum Gasteiger partial charge on any atom is 0.272 e. The van der Waals surface area contributed by atoms with Gasteiger partial charge in [0.05, 0.1) is 31.1 Å². The molecule has 1 atom stereocenters. The minimum Gasteiger partial charge on any atom is -0.344 e. The van der Waals surface area contributed by atoms with Crippen LogP contribution in [0.4, 0.5) is 0 Å². The average Bonchev–Trinajstić information content (AvgIpc) is 3.37. The van der Waals surface area contributed by atoms with Gasteiger partial charge in [-0.2, -0.15) is 5.10 Å². The van der Waals surface area contributed by atoms with Gasteiger partial charge in [0.15, 0.2) is 5.69 Å². The first-order chi connectivity index (χ1) is 15.4. The molecule has 2 aromatic heterocycles. The molecular formula is C24H20BrCl2N3OS. The molecule has 0 saturated heterocycles. The summed E-state index contributed by atoms with van der Waals surface area (Å²) in [4.78, 5) is 14.3. The largest absolute Gasteiger partial charge is 0.344 e. The molecule has 0 bridgehead atoms. The number of carbonyl (C=O) groups excluding carboxylic acids is 1. The third-order valence-corrected chi connectivity index (χ3v) is 7.31. The average molecular weight is 549 g/mol. The predicted molar refractivity (Wildman–Crippen MR) is 136 cm³/mol. The highest BCUT2D eigenvalue weighted by Gasteiger charge is 2.26. The number of rotatable bonds is 6. The van der Waals surface area contributed by atoms with E-state index in [2.05, 4.69) is 21.2 Å². The van der Waals surface area contributed by atoms with Gasteiger partial charge < -0.3 is 5.32 Å². The van der Waals surface area contributed by atoms with Crippen LogP contribution in [0.25, 0.3) is 16.3 Å². The third kappa shape index (κ3) is 4.64. The summed E-state index contributed by atoms with van der Waals surface area (Å²) >= 11 is 17.8. The SMILES string of the molecule is CCc1c(C(=O)N[C@@H](C)c2ccccc2)nn(-c2ccc(Cl)cc2Cl)c1-c1ccc(Br)s1.